The summed E-state index contributed by atoms with van der Waals surface area (Å²) in [6, 6.07) is 5.75. The quantitative estimate of drug-likeness (QED) is 0.828. The Morgan fingerprint density at radius 1 is 1.39 bits per heavy atom. The SMILES string of the molecule is COc1ccc2c(c1)[C@H](N)[C@@H](C)[C@H](C)N2C(C)=O. The molecule has 2 N–H and O–H groups in total. The summed E-state index contributed by atoms with van der Waals surface area (Å²) in [6.45, 7) is 5.71. The Balaban J connectivity index is 2.57. The summed E-state index contributed by atoms with van der Waals surface area (Å²) in [5, 5.41) is 0. The van der Waals surface area contributed by atoms with E-state index in [0.29, 0.717) is 0 Å². The van der Waals surface area contributed by atoms with Crippen molar-refractivity contribution in [2.75, 3.05) is 12.0 Å². The maximum Gasteiger partial charge on any atom is 0.224 e. The smallest absolute Gasteiger partial charge is 0.224 e. The number of hydrogen-bond donors (Lipinski definition) is 1. The number of nitrogens with zero attached hydrogens (tertiary/aromatic N) is 1. The Hall–Kier alpha value is -1.55. The van der Waals surface area contributed by atoms with Crippen LogP contribution >= 0.6 is 0 Å². The molecule has 4 nitrogen and oxygen atoms in total. The summed E-state index contributed by atoms with van der Waals surface area (Å²) in [5.74, 6) is 1.04. The molecule has 4 heteroatoms. The molecule has 0 aliphatic carbocycles. The number of benzene rings is 1. The molecule has 98 valence electrons. The highest BCUT2D eigenvalue weighted by Gasteiger charge is 2.36. The fourth-order valence-corrected chi connectivity index (χ4v) is 2.64. The van der Waals surface area contributed by atoms with Crippen LogP contribution in [-0.2, 0) is 4.79 Å². The van der Waals surface area contributed by atoms with Crippen molar-refractivity contribution < 1.29 is 9.53 Å². The van der Waals surface area contributed by atoms with Crippen LogP contribution in [0.4, 0.5) is 5.69 Å². The minimum absolute atomic E-state index is 0.0488. The molecule has 0 saturated heterocycles. The van der Waals surface area contributed by atoms with Crippen LogP contribution in [0.15, 0.2) is 18.2 Å². The van der Waals surface area contributed by atoms with Gasteiger partial charge in [0, 0.05) is 24.7 Å². The predicted molar refractivity (Wildman–Crippen MR) is 71.7 cm³/mol. The first kappa shape index (κ1) is 12.9. The van der Waals surface area contributed by atoms with Crippen LogP contribution in [0.3, 0.4) is 0 Å². The molecule has 1 aliphatic rings. The summed E-state index contributed by atoms with van der Waals surface area (Å²) >= 11 is 0. The van der Waals surface area contributed by atoms with Crippen molar-refractivity contribution in [2.45, 2.75) is 32.9 Å². The van der Waals surface area contributed by atoms with E-state index < -0.39 is 0 Å². The number of carbonyl (C=O) groups excluding carboxylic acids is 1. The molecule has 0 bridgehead atoms. The van der Waals surface area contributed by atoms with E-state index in [1.54, 1.807) is 14.0 Å². The molecule has 18 heavy (non-hydrogen) atoms. The molecule has 0 saturated carbocycles. The topological polar surface area (TPSA) is 55.6 Å². The molecule has 2 rings (SSSR count). The van der Waals surface area contributed by atoms with E-state index in [1.165, 1.54) is 0 Å². The largest absolute Gasteiger partial charge is 0.497 e. The van der Waals surface area contributed by atoms with E-state index in [0.717, 1.165) is 17.0 Å². The van der Waals surface area contributed by atoms with Crippen molar-refractivity contribution in [1.29, 1.82) is 0 Å². The molecule has 3 atom stereocenters. The van der Waals surface area contributed by atoms with Crippen LogP contribution in [0.2, 0.25) is 0 Å². The third-order valence-electron chi connectivity index (χ3n) is 3.93. The molecule has 1 heterocycles. The zero-order chi connectivity index (χ0) is 13.4. The van der Waals surface area contributed by atoms with Crippen LogP contribution in [0.1, 0.15) is 32.4 Å². The van der Waals surface area contributed by atoms with Gasteiger partial charge in [-0.15, -0.1) is 0 Å². The van der Waals surface area contributed by atoms with Crippen LogP contribution < -0.4 is 15.4 Å². The van der Waals surface area contributed by atoms with E-state index in [1.807, 2.05) is 30.0 Å². The first-order chi connectivity index (χ1) is 8.47. The Morgan fingerprint density at radius 2 is 2.06 bits per heavy atom. The molecule has 1 aromatic rings. The van der Waals surface area contributed by atoms with Gasteiger partial charge in [-0.25, -0.2) is 0 Å². The lowest BCUT2D eigenvalue weighted by Crippen LogP contribution is -2.48. The number of ether oxygens (including phenoxy) is 1. The number of carbonyl (C=O) groups is 1. The van der Waals surface area contributed by atoms with Gasteiger partial charge in [-0.2, -0.15) is 0 Å². The minimum Gasteiger partial charge on any atom is -0.497 e. The standard InChI is InChI=1S/C14H20N2O2/c1-8-9(2)16(10(3)17)13-6-5-11(18-4)7-12(13)14(8)15/h5-9,14H,15H2,1-4H3/t8-,9-,14+/m0/s1. The van der Waals surface area contributed by atoms with E-state index >= 15 is 0 Å². The van der Waals surface area contributed by atoms with Gasteiger partial charge in [-0.3, -0.25) is 4.79 Å². The Kier molecular flexibility index (Phi) is 3.30. The first-order valence-electron chi connectivity index (χ1n) is 6.20. The summed E-state index contributed by atoms with van der Waals surface area (Å²) in [5.41, 5.74) is 8.16. The van der Waals surface area contributed by atoms with Crippen LogP contribution in [-0.4, -0.2) is 19.1 Å². The van der Waals surface area contributed by atoms with Gasteiger partial charge in [0.1, 0.15) is 5.75 Å². The summed E-state index contributed by atoms with van der Waals surface area (Å²) in [7, 11) is 1.63. The van der Waals surface area contributed by atoms with Crippen molar-refractivity contribution >= 4 is 11.6 Å². The molecule has 0 unspecified atom stereocenters. The Morgan fingerprint density at radius 3 is 2.61 bits per heavy atom. The highest BCUT2D eigenvalue weighted by Crippen LogP contribution is 2.40. The van der Waals surface area contributed by atoms with Crippen LogP contribution in [0.25, 0.3) is 0 Å². The highest BCUT2D eigenvalue weighted by molar-refractivity contribution is 5.93. The number of methoxy groups -OCH3 is 1. The Bertz CT molecular complexity index is 473. The minimum atomic E-state index is -0.0688. The Labute approximate surface area is 108 Å². The first-order valence-corrected chi connectivity index (χ1v) is 6.20. The number of hydrogen-bond acceptors (Lipinski definition) is 3. The molecule has 1 aromatic carbocycles. The van der Waals surface area contributed by atoms with Gasteiger partial charge in [0.25, 0.3) is 0 Å². The maximum absolute atomic E-state index is 11.8. The van der Waals surface area contributed by atoms with Crippen molar-refractivity contribution in [1.82, 2.24) is 0 Å². The van der Waals surface area contributed by atoms with Gasteiger partial charge < -0.3 is 15.4 Å². The monoisotopic (exact) mass is 248 g/mol. The number of anilines is 1. The summed E-state index contributed by atoms with van der Waals surface area (Å²) in [6.07, 6.45) is 0. The second kappa shape index (κ2) is 4.61. The molecule has 0 fully saturated rings. The van der Waals surface area contributed by atoms with Gasteiger partial charge in [-0.1, -0.05) is 6.92 Å². The molecule has 0 aromatic heterocycles. The molecule has 0 radical (unpaired) electrons. The van der Waals surface area contributed by atoms with Crippen molar-refractivity contribution in [3.05, 3.63) is 23.8 Å². The van der Waals surface area contributed by atoms with Gasteiger partial charge in [-0.05, 0) is 36.6 Å². The highest BCUT2D eigenvalue weighted by atomic mass is 16.5. The normalized spacial score (nSPS) is 26.7. The van der Waals surface area contributed by atoms with E-state index in [2.05, 4.69) is 6.92 Å². The number of amides is 1. The molecule has 1 aliphatic heterocycles. The van der Waals surface area contributed by atoms with Crippen LogP contribution in [0.5, 0.6) is 5.75 Å². The lowest BCUT2D eigenvalue weighted by atomic mass is 9.83. The lowest BCUT2D eigenvalue weighted by molar-refractivity contribution is -0.117. The third-order valence-corrected chi connectivity index (χ3v) is 3.93. The molecule has 0 spiro atoms. The zero-order valence-corrected chi connectivity index (χ0v) is 11.3. The fraction of sp³-hybridized carbons (Fsp3) is 0.500. The number of rotatable bonds is 1. The third kappa shape index (κ3) is 1.86. The summed E-state index contributed by atoms with van der Waals surface area (Å²) < 4.78 is 5.23. The molecular weight excluding hydrogens is 228 g/mol. The number of fused-ring (bicyclic) bond motifs is 1. The van der Waals surface area contributed by atoms with E-state index in [9.17, 15) is 4.79 Å². The van der Waals surface area contributed by atoms with Gasteiger partial charge in [0.05, 0.1) is 7.11 Å². The van der Waals surface area contributed by atoms with Gasteiger partial charge >= 0.3 is 0 Å². The number of nitrogens with two attached hydrogens (primary N) is 1. The summed E-state index contributed by atoms with van der Waals surface area (Å²) in [4.78, 5) is 13.7. The van der Waals surface area contributed by atoms with Gasteiger partial charge in [0.15, 0.2) is 0 Å². The molecular formula is C14H20N2O2. The average molecular weight is 248 g/mol. The maximum atomic E-state index is 11.8. The van der Waals surface area contributed by atoms with Crippen molar-refractivity contribution in [3.63, 3.8) is 0 Å². The van der Waals surface area contributed by atoms with E-state index in [-0.39, 0.29) is 23.9 Å². The average Bonchev–Trinajstić information content (AvgIpc) is 2.35. The zero-order valence-electron chi connectivity index (χ0n) is 11.3. The predicted octanol–water partition coefficient (Wildman–Crippen LogP) is 2.09. The second-order valence-electron chi connectivity index (χ2n) is 4.94. The fourth-order valence-electron chi connectivity index (χ4n) is 2.64. The molecule has 1 amide bonds. The van der Waals surface area contributed by atoms with E-state index in [4.69, 9.17) is 10.5 Å². The van der Waals surface area contributed by atoms with Crippen molar-refractivity contribution in [2.24, 2.45) is 11.7 Å². The second-order valence-corrected chi connectivity index (χ2v) is 4.94. The lowest BCUT2D eigenvalue weighted by Gasteiger charge is -2.42. The van der Waals surface area contributed by atoms with Crippen LogP contribution in [0, 0.1) is 5.92 Å². The van der Waals surface area contributed by atoms with Crippen molar-refractivity contribution in [3.8, 4) is 5.75 Å². The van der Waals surface area contributed by atoms with Gasteiger partial charge in [0.2, 0.25) is 5.91 Å².